The molecule has 2 heteroatoms. The fraction of sp³-hybridized carbons (Fsp3) is 0.818. The molecule has 0 saturated carbocycles. The van der Waals surface area contributed by atoms with E-state index in [1.54, 1.807) is 0 Å². The second kappa shape index (κ2) is 4.42. The van der Waals surface area contributed by atoms with Crippen LogP contribution < -0.4 is 0 Å². The predicted molar refractivity (Wildman–Crippen MR) is 62.6 cm³/mol. The molecule has 0 aliphatic heterocycles. The molecule has 0 saturated heterocycles. The summed E-state index contributed by atoms with van der Waals surface area (Å²) < 4.78 is 20.2. The molecule has 0 amide bonds. The van der Waals surface area contributed by atoms with Gasteiger partial charge >= 0.3 is 0 Å². The molecule has 0 unspecified atom stereocenters. The molecule has 0 rings (SSSR count). The Morgan fingerprint density at radius 1 is 1.46 bits per heavy atom. The van der Waals surface area contributed by atoms with Crippen LogP contribution in [0.3, 0.4) is 0 Å². The molecule has 0 radical (unpaired) electrons. The summed E-state index contributed by atoms with van der Waals surface area (Å²) in [5.74, 6) is 0. The first-order valence-electron chi connectivity index (χ1n) is 5.85. The van der Waals surface area contributed by atoms with Crippen molar-refractivity contribution in [3.8, 4) is 0 Å². The third kappa shape index (κ3) is 4.63. The first-order chi connectivity index (χ1) is 6.58. The summed E-state index contributed by atoms with van der Waals surface area (Å²) in [4.78, 5) is 0. The van der Waals surface area contributed by atoms with E-state index in [0.717, 1.165) is 5.57 Å². The Morgan fingerprint density at radius 3 is 2.38 bits per heavy atom. The van der Waals surface area contributed by atoms with Gasteiger partial charge in [-0.05, 0) is 31.5 Å². The molecule has 13 heavy (non-hydrogen) atoms. The second-order valence-electron chi connectivity index (χ2n) is 5.14. The van der Waals surface area contributed by atoms with E-state index in [0.29, 0.717) is 13.0 Å². The molecule has 0 aliphatic rings. The second-order valence-corrected chi connectivity index (χ2v) is 9.95. The molecule has 0 N–H and O–H groups in total. The molecule has 78 valence electrons. The van der Waals surface area contributed by atoms with Crippen molar-refractivity contribution < 1.29 is 7.17 Å². The highest BCUT2D eigenvalue weighted by Crippen LogP contribution is 2.36. The van der Waals surface area contributed by atoms with E-state index < -0.39 is 8.32 Å². The van der Waals surface area contributed by atoms with E-state index in [1.807, 2.05) is 6.92 Å². The average Bonchev–Trinajstić information content (AvgIpc) is 2.01. The van der Waals surface area contributed by atoms with Crippen molar-refractivity contribution >= 4 is 8.32 Å². The van der Waals surface area contributed by atoms with Gasteiger partial charge in [0.1, 0.15) is 0 Å². The Bertz CT molecular complexity index is 237. The van der Waals surface area contributed by atoms with E-state index in [4.69, 9.17) is 7.17 Å². The fourth-order valence-corrected chi connectivity index (χ4v) is 1.72. The smallest absolute Gasteiger partial charge is 0.191 e. The zero-order chi connectivity index (χ0) is 12.3. The summed E-state index contributed by atoms with van der Waals surface area (Å²) in [5, 5.41) is 0.232. The lowest BCUT2D eigenvalue weighted by Crippen LogP contribution is -2.40. The highest BCUT2D eigenvalue weighted by molar-refractivity contribution is 6.74. The van der Waals surface area contributed by atoms with Crippen molar-refractivity contribution in [3.63, 3.8) is 0 Å². The lowest BCUT2D eigenvalue weighted by molar-refractivity contribution is 0.292. The molecular weight excluding hydrogens is 176 g/mol. The average molecular weight is 202 g/mol. The molecule has 0 heterocycles. The van der Waals surface area contributed by atoms with Gasteiger partial charge in [0.2, 0.25) is 0 Å². The first-order valence-corrected chi connectivity index (χ1v) is 7.75. The lowest BCUT2D eigenvalue weighted by Gasteiger charge is -2.36. The Kier molecular flexibility index (Phi) is 3.22. The van der Waals surface area contributed by atoms with Gasteiger partial charge in [-0.2, -0.15) is 0 Å². The van der Waals surface area contributed by atoms with Gasteiger partial charge in [0.05, 0.1) is 2.74 Å². The molecule has 0 atom stereocenters. The van der Waals surface area contributed by atoms with Crippen LogP contribution >= 0.6 is 0 Å². The Morgan fingerprint density at radius 2 is 2.00 bits per heavy atom. The SMILES string of the molecule is [2H]C([2H])=C(C)CCO[Si](C)(C)C(C)(C)C. The minimum Gasteiger partial charge on any atom is -0.417 e. The van der Waals surface area contributed by atoms with Crippen LogP contribution in [0.15, 0.2) is 12.1 Å². The largest absolute Gasteiger partial charge is 0.417 e. The van der Waals surface area contributed by atoms with Crippen LogP contribution in [0.25, 0.3) is 0 Å². The summed E-state index contributed by atoms with van der Waals surface area (Å²) >= 11 is 0. The van der Waals surface area contributed by atoms with Crippen LogP contribution in [0.4, 0.5) is 0 Å². The number of hydrogen-bond donors (Lipinski definition) is 0. The summed E-state index contributed by atoms with van der Waals surface area (Å²) in [5.41, 5.74) is 0.800. The summed E-state index contributed by atoms with van der Waals surface area (Å²) in [6.07, 6.45) is 0.703. The standard InChI is InChI=1S/C11H24OSi/c1-10(2)8-9-12-13(6,7)11(3,4)5/h1,8-9H2,2-7H3/i1D2. The third-order valence-corrected chi connectivity index (χ3v) is 7.28. The van der Waals surface area contributed by atoms with Gasteiger partial charge in [-0.3, -0.25) is 0 Å². The quantitative estimate of drug-likeness (QED) is 0.495. The summed E-state index contributed by atoms with van der Waals surface area (Å²) in [6, 6.07) is 0. The molecule has 0 aromatic carbocycles. The maximum atomic E-state index is 7.14. The van der Waals surface area contributed by atoms with Gasteiger partial charge < -0.3 is 4.43 Å². The maximum Gasteiger partial charge on any atom is 0.191 e. The molecule has 0 fully saturated rings. The van der Waals surface area contributed by atoms with Crippen molar-refractivity contribution in [3.05, 3.63) is 12.1 Å². The van der Waals surface area contributed by atoms with E-state index in [9.17, 15) is 0 Å². The number of rotatable bonds is 4. The van der Waals surface area contributed by atoms with Crippen molar-refractivity contribution in [1.29, 1.82) is 0 Å². The molecule has 1 nitrogen and oxygen atoms in total. The van der Waals surface area contributed by atoms with Gasteiger partial charge in [-0.25, -0.2) is 0 Å². The van der Waals surface area contributed by atoms with Crippen LogP contribution in [-0.4, -0.2) is 14.9 Å². The van der Waals surface area contributed by atoms with E-state index in [2.05, 4.69) is 33.9 Å². The van der Waals surface area contributed by atoms with Crippen LogP contribution in [0, 0.1) is 0 Å². The maximum absolute atomic E-state index is 7.14. The zero-order valence-corrected chi connectivity index (χ0v) is 10.8. The predicted octanol–water partition coefficient (Wildman–Crippen LogP) is 3.97. The molecule has 0 spiro atoms. The van der Waals surface area contributed by atoms with Crippen molar-refractivity contribution in [2.45, 2.75) is 52.2 Å². The zero-order valence-electron chi connectivity index (χ0n) is 11.8. The van der Waals surface area contributed by atoms with Crippen LogP contribution in [0.1, 0.15) is 36.9 Å². The molecule has 0 aliphatic carbocycles. The highest BCUT2D eigenvalue weighted by atomic mass is 28.4. The van der Waals surface area contributed by atoms with Crippen LogP contribution in [0.5, 0.6) is 0 Å². The van der Waals surface area contributed by atoms with Gasteiger partial charge in [0.25, 0.3) is 0 Å². The lowest BCUT2D eigenvalue weighted by atomic mass is 10.2. The summed E-state index contributed by atoms with van der Waals surface area (Å²) in [7, 11) is -1.65. The first kappa shape index (κ1) is 9.47. The highest BCUT2D eigenvalue weighted by Gasteiger charge is 2.36. The van der Waals surface area contributed by atoms with Crippen molar-refractivity contribution in [2.75, 3.05) is 6.61 Å². The Hall–Kier alpha value is -0.0831. The Labute approximate surface area is 87.1 Å². The topological polar surface area (TPSA) is 9.23 Å². The van der Waals surface area contributed by atoms with Crippen LogP contribution in [0.2, 0.25) is 18.1 Å². The molecule has 0 aromatic rings. The van der Waals surface area contributed by atoms with Crippen LogP contribution in [-0.2, 0) is 4.43 Å². The van der Waals surface area contributed by atoms with E-state index in [-0.39, 0.29) is 11.6 Å². The molecule has 0 aromatic heterocycles. The minimum absolute atomic E-state index is 0.0752. The van der Waals surface area contributed by atoms with Gasteiger partial charge in [-0.1, -0.05) is 26.3 Å². The summed E-state index contributed by atoms with van der Waals surface area (Å²) in [6.45, 7) is 13.5. The third-order valence-electron chi connectivity index (χ3n) is 2.75. The van der Waals surface area contributed by atoms with E-state index in [1.165, 1.54) is 0 Å². The van der Waals surface area contributed by atoms with Gasteiger partial charge in [-0.15, -0.1) is 6.53 Å². The normalized spacial score (nSPS) is 14.9. The molecular formula is C11H24OSi. The van der Waals surface area contributed by atoms with Crippen molar-refractivity contribution in [2.24, 2.45) is 0 Å². The van der Waals surface area contributed by atoms with Gasteiger partial charge in [0, 0.05) is 6.61 Å². The minimum atomic E-state index is -1.65. The van der Waals surface area contributed by atoms with E-state index >= 15 is 0 Å². The fourth-order valence-electron chi connectivity index (χ4n) is 0.676. The monoisotopic (exact) mass is 202 g/mol. The Balaban J connectivity index is 4.14. The number of hydrogen-bond acceptors (Lipinski definition) is 1. The van der Waals surface area contributed by atoms with Gasteiger partial charge in [0.15, 0.2) is 8.32 Å². The van der Waals surface area contributed by atoms with Crippen molar-refractivity contribution in [1.82, 2.24) is 0 Å². The molecule has 0 bridgehead atoms.